The quantitative estimate of drug-likeness (QED) is 0.325. The van der Waals surface area contributed by atoms with Crippen molar-refractivity contribution in [1.82, 2.24) is 14.5 Å². The highest BCUT2D eigenvalue weighted by atomic mass is 35.5. The second kappa shape index (κ2) is 15.8. The molecule has 1 unspecified atom stereocenters. The third-order valence-electron chi connectivity index (χ3n) is 9.55. The van der Waals surface area contributed by atoms with Gasteiger partial charge in [-0.05, 0) is 98.2 Å². The second-order valence-electron chi connectivity index (χ2n) is 12.9. The van der Waals surface area contributed by atoms with E-state index in [9.17, 15) is 13.8 Å². The van der Waals surface area contributed by atoms with Crippen LogP contribution in [0.3, 0.4) is 0 Å². The molecule has 1 fully saturated rings. The number of carbonyl (C=O) groups is 2. The number of halogens is 1. The van der Waals surface area contributed by atoms with Crippen LogP contribution in [-0.2, 0) is 39.5 Å². The van der Waals surface area contributed by atoms with E-state index >= 15 is 0 Å². The van der Waals surface area contributed by atoms with Crippen molar-refractivity contribution in [2.75, 3.05) is 37.5 Å². The molecule has 0 saturated heterocycles. The van der Waals surface area contributed by atoms with Crippen LogP contribution in [0.5, 0.6) is 11.6 Å². The van der Waals surface area contributed by atoms with Crippen molar-refractivity contribution >= 4 is 39.0 Å². The number of methoxy groups -OCH3 is 1. The fraction of sp³-hybridized carbons (Fsp3) is 0.472. The maximum atomic E-state index is 14.2. The molecule has 3 aliphatic rings. The number of anilines is 1. The predicted octanol–water partition coefficient (Wildman–Crippen LogP) is 5.90. The number of ether oxygens (including phenoxy) is 3. The van der Waals surface area contributed by atoms with Crippen LogP contribution in [0.4, 0.5) is 5.69 Å². The number of benzene rings is 2. The number of aromatic nitrogens is 2. The Morgan fingerprint density at radius 1 is 1.12 bits per heavy atom. The molecule has 0 radical (unpaired) electrons. The summed E-state index contributed by atoms with van der Waals surface area (Å²) in [6, 6.07) is 12.9. The van der Waals surface area contributed by atoms with E-state index in [4.69, 9.17) is 25.8 Å². The molecule has 13 heteroatoms. The van der Waals surface area contributed by atoms with E-state index in [1.54, 1.807) is 44.6 Å². The van der Waals surface area contributed by atoms with Gasteiger partial charge in [-0.3, -0.25) is 14.3 Å². The van der Waals surface area contributed by atoms with E-state index in [1.165, 1.54) is 15.8 Å². The number of allylic oxidation sites excluding steroid dienone is 1. The van der Waals surface area contributed by atoms with Crippen molar-refractivity contribution < 1.29 is 28.0 Å². The first-order valence-electron chi connectivity index (χ1n) is 16.9. The van der Waals surface area contributed by atoms with Crippen molar-refractivity contribution in [2.45, 2.75) is 57.6 Å². The summed E-state index contributed by atoms with van der Waals surface area (Å²) in [4.78, 5) is 29.1. The number of amides is 2. The summed E-state index contributed by atoms with van der Waals surface area (Å²) in [5.41, 5.74) is 3.41. The topological polar surface area (TPSA) is 124 Å². The standard InChI is InChI=1S/C36H44ClN5O6S/c1-41-35(16-17-38-41)48-24-34(43)39-49(45)19-7-3-4-9-32(46-2)30-14-11-28(30)23-42-22-27-10-13-29(37)20-25(27)8-5-6-18-47-33-15-12-26(21-31(33)42)36(44)40-49/h4,9-10,12-13,15-17,20-21,28,30,32H,3,5-8,11,14,18-19,22-24H2,1-2H3,(H,39,40,43,44,45)/b9-4+/t28-,30+,32-,49?/m0/s1. The fourth-order valence-electron chi connectivity index (χ4n) is 6.77. The lowest BCUT2D eigenvalue weighted by atomic mass is 9.70. The summed E-state index contributed by atoms with van der Waals surface area (Å²) < 4.78 is 40.2. The Balaban J connectivity index is 1.38. The maximum Gasteiger partial charge on any atom is 0.286 e. The third kappa shape index (κ3) is 8.66. The number of hydrogen-bond donors (Lipinski definition) is 1. The maximum absolute atomic E-state index is 14.2. The molecule has 1 N–H and O–H groups in total. The SMILES string of the molecule is CO[C@H]1/C=C/CCCS(=O)(NC(=O)COc2ccnn2C)=NC(=O)c2ccc3c(c2)N(Cc2ccc(Cl)cc2CCCCO3)C[C@@H]2CC[C@H]21. The molecule has 2 aromatic carbocycles. The lowest BCUT2D eigenvalue weighted by Crippen LogP contribution is -2.43. The van der Waals surface area contributed by atoms with Crippen molar-refractivity contribution in [3.63, 3.8) is 0 Å². The van der Waals surface area contributed by atoms with Gasteiger partial charge in [-0.1, -0.05) is 29.8 Å². The average Bonchev–Trinajstić information content (AvgIpc) is 3.47. The lowest BCUT2D eigenvalue weighted by Gasteiger charge is -2.43. The van der Waals surface area contributed by atoms with Crippen LogP contribution in [0, 0.1) is 11.8 Å². The van der Waals surface area contributed by atoms with E-state index in [-0.39, 0.29) is 17.4 Å². The molecule has 4 atom stereocenters. The van der Waals surface area contributed by atoms with Gasteiger partial charge in [0.2, 0.25) is 5.88 Å². The zero-order valence-electron chi connectivity index (χ0n) is 28.0. The number of aryl methyl sites for hydroxylation is 2. The molecule has 1 saturated carbocycles. The summed E-state index contributed by atoms with van der Waals surface area (Å²) in [6.45, 7) is 1.45. The van der Waals surface area contributed by atoms with Crippen LogP contribution in [0.2, 0.25) is 5.02 Å². The van der Waals surface area contributed by atoms with Crippen molar-refractivity contribution in [3.8, 4) is 11.6 Å². The minimum atomic E-state index is -3.50. The molecular formula is C36H44ClN5O6S. The third-order valence-corrected chi connectivity index (χ3v) is 11.6. The van der Waals surface area contributed by atoms with E-state index in [0.717, 1.165) is 44.3 Å². The van der Waals surface area contributed by atoms with Crippen LogP contribution in [0.1, 0.15) is 60.0 Å². The van der Waals surface area contributed by atoms with Crippen molar-refractivity contribution in [1.29, 1.82) is 0 Å². The summed E-state index contributed by atoms with van der Waals surface area (Å²) >= 11 is 6.45. The molecule has 262 valence electrons. The Hall–Kier alpha value is -3.87. The van der Waals surface area contributed by atoms with Gasteiger partial charge in [0.15, 0.2) is 6.61 Å². The molecule has 2 aliphatic heterocycles. The van der Waals surface area contributed by atoms with Crippen LogP contribution in [0.25, 0.3) is 0 Å². The van der Waals surface area contributed by atoms with E-state index in [0.29, 0.717) is 54.5 Å². The molecule has 3 heterocycles. The summed E-state index contributed by atoms with van der Waals surface area (Å²) in [5.74, 6) is 0.406. The highest BCUT2D eigenvalue weighted by Gasteiger charge is 2.38. The molecule has 11 nitrogen and oxygen atoms in total. The fourth-order valence-corrected chi connectivity index (χ4v) is 8.55. The number of nitrogens with zero attached hydrogens (tertiary/aromatic N) is 4. The molecule has 1 aromatic heterocycles. The van der Waals surface area contributed by atoms with Crippen LogP contribution in [0.15, 0.2) is 65.2 Å². The lowest BCUT2D eigenvalue weighted by molar-refractivity contribution is -0.121. The summed E-state index contributed by atoms with van der Waals surface area (Å²) in [7, 11) is -0.0731. The first-order valence-corrected chi connectivity index (χ1v) is 19.0. The smallest absolute Gasteiger partial charge is 0.286 e. The van der Waals surface area contributed by atoms with E-state index in [2.05, 4.69) is 37.3 Å². The Morgan fingerprint density at radius 2 is 2.00 bits per heavy atom. The zero-order chi connectivity index (χ0) is 34.4. The van der Waals surface area contributed by atoms with Crippen LogP contribution < -0.4 is 19.1 Å². The first-order chi connectivity index (χ1) is 23.7. The predicted molar refractivity (Wildman–Crippen MR) is 189 cm³/mol. The Morgan fingerprint density at radius 3 is 2.78 bits per heavy atom. The van der Waals surface area contributed by atoms with Gasteiger partial charge < -0.3 is 19.1 Å². The van der Waals surface area contributed by atoms with Crippen molar-refractivity contribution in [2.24, 2.45) is 23.2 Å². The molecule has 2 bridgehead atoms. The van der Waals surface area contributed by atoms with Gasteiger partial charge in [0.25, 0.3) is 11.8 Å². The second-order valence-corrected chi connectivity index (χ2v) is 15.4. The highest BCUT2D eigenvalue weighted by molar-refractivity contribution is 7.92. The van der Waals surface area contributed by atoms with Gasteiger partial charge in [0.05, 0.1) is 30.3 Å². The van der Waals surface area contributed by atoms with Gasteiger partial charge in [-0.25, -0.2) is 8.89 Å². The molecule has 2 amide bonds. The van der Waals surface area contributed by atoms with Gasteiger partial charge >= 0.3 is 0 Å². The molecule has 0 spiro atoms. The molecule has 6 rings (SSSR count). The number of hydrogen-bond acceptors (Lipinski definition) is 8. The average molecular weight is 710 g/mol. The Labute approximate surface area is 293 Å². The normalized spacial score (nSPS) is 25.2. The minimum Gasteiger partial charge on any atom is -0.491 e. The van der Waals surface area contributed by atoms with Crippen LogP contribution >= 0.6 is 11.6 Å². The summed E-state index contributed by atoms with van der Waals surface area (Å²) in [6.07, 6.45) is 11.5. The first kappa shape index (κ1) is 35.0. The zero-order valence-corrected chi connectivity index (χ0v) is 29.6. The van der Waals surface area contributed by atoms with E-state index < -0.39 is 28.3 Å². The minimum absolute atomic E-state index is 0.0102. The van der Waals surface area contributed by atoms with Gasteiger partial charge in [0, 0.05) is 43.9 Å². The number of rotatable bonds is 5. The molecule has 1 aliphatic carbocycles. The van der Waals surface area contributed by atoms with Gasteiger partial charge in [-0.15, -0.1) is 4.36 Å². The summed E-state index contributed by atoms with van der Waals surface area (Å²) in [5, 5.41) is 4.73. The molecule has 49 heavy (non-hydrogen) atoms. The molecular weight excluding hydrogens is 666 g/mol. The monoisotopic (exact) mass is 709 g/mol. The Bertz CT molecular complexity index is 1820. The van der Waals surface area contributed by atoms with Gasteiger partial charge in [-0.2, -0.15) is 5.10 Å². The highest BCUT2D eigenvalue weighted by Crippen LogP contribution is 2.42. The Kier molecular flexibility index (Phi) is 11.3. The number of carbonyl (C=O) groups excluding carboxylic acids is 2. The van der Waals surface area contributed by atoms with E-state index in [1.807, 2.05) is 12.1 Å². The van der Waals surface area contributed by atoms with Crippen molar-refractivity contribution in [3.05, 3.63) is 82.5 Å². The van der Waals surface area contributed by atoms with Gasteiger partial charge in [0.1, 0.15) is 15.7 Å². The largest absolute Gasteiger partial charge is 0.491 e. The number of nitrogens with one attached hydrogen (secondary N) is 1. The van der Waals surface area contributed by atoms with Crippen LogP contribution in [-0.4, -0.2) is 64.5 Å². The number of fused-ring (bicyclic) bond motifs is 3. The molecule has 3 aromatic rings.